The van der Waals surface area contributed by atoms with Gasteiger partial charge in [-0.05, 0) is 68.6 Å². The molecule has 2 aromatic rings. The Bertz CT molecular complexity index is 736. The van der Waals surface area contributed by atoms with E-state index in [0.29, 0.717) is 14.5 Å². The molecule has 6 heteroatoms. The summed E-state index contributed by atoms with van der Waals surface area (Å²) in [5.74, 6) is 1.03. The van der Waals surface area contributed by atoms with Gasteiger partial charge in [0, 0.05) is 18.8 Å². The molecule has 0 aromatic heterocycles. The monoisotopic (exact) mass is 439 g/mol. The number of hydrogen-bond donors (Lipinski definition) is 1. The van der Waals surface area contributed by atoms with Crippen LogP contribution in [0.4, 0.5) is 5.69 Å². The van der Waals surface area contributed by atoms with Gasteiger partial charge in [0.05, 0.1) is 14.6 Å². The number of phenols is 1. The van der Waals surface area contributed by atoms with E-state index in [1.54, 1.807) is 18.4 Å². The Morgan fingerprint density at radius 2 is 1.83 bits per heavy atom. The number of ether oxygens (including phenoxy) is 1. The standard InChI is InChI=1S/C10H11NO.C7H4Br2O2/c1-8-3-4-10-9(7-8)11(2)5-6-12-10;8-5-1-4(3-10)2-6(9)7(5)11/h3-7H,1-2H3;1-3,11H. The van der Waals surface area contributed by atoms with Crippen molar-refractivity contribution in [1.82, 2.24) is 0 Å². The summed E-state index contributed by atoms with van der Waals surface area (Å²) in [6.45, 7) is 2.08. The fraction of sp³-hybridized carbons (Fsp3) is 0.118. The maximum atomic E-state index is 10.3. The summed E-state index contributed by atoms with van der Waals surface area (Å²) in [7, 11) is 2.01. The third-order valence-corrected chi connectivity index (χ3v) is 4.36. The van der Waals surface area contributed by atoms with Gasteiger partial charge in [-0.1, -0.05) is 6.07 Å². The molecular formula is C17H15Br2NO3. The van der Waals surface area contributed by atoms with Crippen molar-refractivity contribution >= 4 is 43.8 Å². The molecule has 4 nitrogen and oxygen atoms in total. The van der Waals surface area contributed by atoms with Crippen LogP contribution in [0.1, 0.15) is 15.9 Å². The lowest BCUT2D eigenvalue weighted by Gasteiger charge is -2.21. The van der Waals surface area contributed by atoms with Gasteiger partial charge in [-0.15, -0.1) is 0 Å². The number of fused-ring (bicyclic) bond motifs is 1. The highest BCUT2D eigenvalue weighted by Gasteiger charge is 2.09. The van der Waals surface area contributed by atoms with Gasteiger partial charge >= 0.3 is 0 Å². The molecule has 3 rings (SSSR count). The first-order valence-electron chi connectivity index (χ1n) is 6.72. The lowest BCUT2D eigenvalue weighted by atomic mass is 10.2. The van der Waals surface area contributed by atoms with Crippen LogP contribution < -0.4 is 9.64 Å². The minimum Gasteiger partial charge on any atom is -0.506 e. The van der Waals surface area contributed by atoms with Crippen LogP contribution in [0.2, 0.25) is 0 Å². The van der Waals surface area contributed by atoms with Crippen molar-refractivity contribution in [3.05, 3.63) is 62.9 Å². The lowest BCUT2D eigenvalue weighted by Crippen LogP contribution is -2.13. The summed E-state index contributed by atoms with van der Waals surface area (Å²) >= 11 is 6.20. The summed E-state index contributed by atoms with van der Waals surface area (Å²) in [5.41, 5.74) is 2.89. The molecule has 0 spiro atoms. The summed E-state index contributed by atoms with van der Waals surface area (Å²) in [6.07, 6.45) is 4.31. The molecule has 2 aromatic carbocycles. The van der Waals surface area contributed by atoms with Crippen molar-refractivity contribution in [2.24, 2.45) is 0 Å². The first kappa shape index (κ1) is 17.6. The van der Waals surface area contributed by atoms with Crippen LogP contribution in [0.25, 0.3) is 0 Å². The number of hydrogen-bond acceptors (Lipinski definition) is 4. The van der Waals surface area contributed by atoms with Gasteiger partial charge < -0.3 is 14.7 Å². The number of halogens is 2. The van der Waals surface area contributed by atoms with Crippen molar-refractivity contribution < 1.29 is 14.6 Å². The summed E-state index contributed by atoms with van der Waals surface area (Å²) in [4.78, 5) is 12.3. The van der Waals surface area contributed by atoms with Gasteiger partial charge in [-0.2, -0.15) is 0 Å². The van der Waals surface area contributed by atoms with Crippen LogP contribution in [0.15, 0.2) is 51.7 Å². The van der Waals surface area contributed by atoms with Crippen molar-refractivity contribution in [3.8, 4) is 11.5 Å². The van der Waals surface area contributed by atoms with E-state index in [4.69, 9.17) is 4.74 Å². The van der Waals surface area contributed by atoms with Crippen molar-refractivity contribution in [2.75, 3.05) is 11.9 Å². The molecule has 23 heavy (non-hydrogen) atoms. The number of aromatic hydroxyl groups is 1. The average Bonchev–Trinajstić information content (AvgIpc) is 2.53. The highest BCUT2D eigenvalue weighted by Crippen LogP contribution is 2.33. The molecule has 0 fully saturated rings. The van der Waals surface area contributed by atoms with E-state index >= 15 is 0 Å². The molecule has 1 aliphatic rings. The number of anilines is 1. The Balaban J connectivity index is 0.000000168. The number of rotatable bonds is 1. The van der Waals surface area contributed by atoms with E-state index in [2.05, 4.69) is 44.8 Å². The molecule has 1 aliphatic heterocycles. The fourth-order valence-corrected chi connectivity index (χ4v) is 3.15. The Labute approximate surface area is 151 Å². The van der Waals surface area contributed by atoms with Crippen LogP contribution in [0.5, 0.6) is 11.5 Å². The molecule has 120 valence electrons. The lowest BCUT2D eigenvalue weighted by molar-refractivity contribution is 0.112. The molecule has 0 atom stereocenters. The van der Waals surface area contributed by atoms with Crippen molar-refractivity contribution in [3.63, 3.8) is 0 Å². The average molecular weight is 441 g/mol. The van der Waals surface area contributed by atoms with Crippen LogP contribution in [0.3, 0.4) is 0 Å². The SMILES string of the molecule is Cc1ccc2c(c1)N(C)C=CO2.O=Cc1cc(Br)c(O)c(Br)c1. The Kier molecular flexibility index (Phi) is 5.85. The largest absolute Gasteiger partial charge is 0.506 e. The van der Waals surface area contributed by atoms with E-state index in [1.807, 2.05) is 30.3 Å². The molecule has 0 amide bonds. The van der Waals surface area contributed by atoms with Crippen LogP contribution in [-0.2, 0) is 0 Å². The zero-order valence-corrected chi connectivity index (χ0v) is 15.8. The van der Waals surface area contributed by atoms with E-state index in [1.165, 1.54) is 5.56 Å². The number of benzene rings is 2. The predicted molar refractivity (Wildman–Crippen MR) is 98.2 cm³/mol. The number of phenolic OH excluding ortho intramolecular Hbond substituents is 1. The molecule has 0 bridgehead atoms. The summed E-state index contributed by atoms with van der Waals surface area (Å²) in [5, 5.41) is 9.22. The first-order chi connectivity index (χ1) is 10.9. The van der Waals surface area contributed by atoms with Crippen LogP contribution in [-0.4, -0.2) is 18.4 Å². The second-order valence-electron chi connectivity index (χ2n) is 4.94. The van der Waals surface area contributed by atoms with Gasteiger partial charge in [0.2, 0.25) is 0 Å². The second kappa shape index (κ2) is 7.66. The van der Waals surface area contributed by atoms with Gasteiger partial charge in [0.1, 0.15) is 24.0 Å². The topological polar surface area (TPSA) is 49.8 Å². The van der Waals surface area contributed by atoms with E-state index in [9.17, 15) is 9.90 Å². The van der Waals surface area contributed by atoms with Crippen LogP contribution in [0, 0.1) is 6.92 Å². The first-order valence-corrected chi connectivity index (χ1v) is 8.31. The molecule has 0 unspecified atom stereocenters. The van der Waals surface area contributed by atoms with E-state index < -0.39 is 0 Å². The minimum atomic E-state index is 0.107. The van der Waals surface area contributed by atoms with Gasteiger partial charge in [-0.25, -0.2) is 0 Å². The number of carbonyl (C=O) groups is 1. The molecule has 0 saturated heterocycles. The van der Waals surface area contributed by atoms with Gasteiger partial charge in [0.25, 0.3) is 0 Å². The molecular weight excluding hydrogens is 426 g/mol. The zero-order chi connectivity index (χ0) is 17.0. The third kappa shape index (κ3) is 4.36. The highest BCUT2D eigenvalue weighted by atomic mass is 79.9. The maximum Gasteiger partial charge on any atom is 0.150 e. The normalized spacial score (nSPS) is 11.9. The fourth-order valence-electron chi connectivity index (χ4n) is 1.93. The quantitative estimate of drug-likeness (QED) is 0.632. The number of aldehydes is 1. The van der Waals surface area contributed by atoms with Crippen LogP contribution >= 0.6 is 31.9 Å². The zero-order valence-electron chi connectivity index (χ0n) is 12.6. The Hall–Kier alpha value is -1.79. The van der Waals surface area contributed by atoms with Crippen molar-refractivity contribution in [2.45, 2.75) is 6.92 Å². The molecule has 0 aliphatic carbocycles. The maximum absolute atomic E-state index is 10.3. The Morgan fingerprint density at radius 1 is 1.17 bits per heavy atom. The summed E-state index contributed by atoms with van der Waals surface area (Å²) < 4.78 is 6.34. The van der Waals surface area contributed by atoms with Crippen molar-refractivity contribution in [1.29, 1.82) is 0 Å². The predicted octanol–water partition coefficient (Wildman–Crippen LogP) is 5.02. The number of nitrogens with zero attached hydrogens (tertiary/aromatic N) is 1. The number of carbonyl (C=O) groups excluding carboxylic acids is 1. The second-order valence-corrected chi connectivity index (χ2v) is 6.64. The molecule has 0 saturated carbocycles. The summed E-state index contributed by atoms with van der Waals surface area (Å²) in [6, 6.07) is 9.25. The highest BCUT2D eigenvalue weighted by molar-refractivity contribution is 9.11. The third-order valence-electron chi connectivity index (χ3n) is 3.15. The smallest absolute Gasteiger partial charge is 0.150 e. The number of aryl methyl sites for hydroxylation is 1. The Morgan fingerprint density at radius 3 is 2.43 bits per heavy atom. The van der Waals surface area contributed by atoms with E-state index in [0.717, 1.165) is 17.7 Å². The van der Waals surface area contributed by atoms with E-state index in [-0.39, 0.29) is 5.75 Å². The van der Waals surface area contributed by atoms with Gasteiger partial charge in [-0.3, -0.25) is 4.79 Å². The molecule has 1 heterocycles. The minimum absolute atomic E-state index is 0.107. The molecule has 1 N–H and O–H groups in total. The molecule has 0 radical (unpaired) electrons. The van der Waals surface area contributed by atoms with Gasteiger partial charge in [0.15, 0.2) is 0 Å².